The highest BCUT2D eigenvalue weighted by Gasteiger charge is 2.38. The highest BCUT2D eigenvalue weighted by Crippen LogP contribution is 2.37. The van der Waals surface area contributed by atoms with Crippen LogP contribution in [0.5, 0.6) is 0 Å². The SMILES string of the molecule is C=C(C)/C(C(C(=O)Nc1cnn(C(C)CCC)c1)=C(C)C)=C(\N=CC)NC1(C)CC1. The first kappa shape index (κ1) is 23.6. The number of rotatable bonds is 10. The topological polar surface area (TPSA) is 71.3 Å². The summed E-state index contributed by atoms with van der Waals surface area (Å²) in [5, 5.41) is 11.0. The second kappa shape index (κ2) is 9.92. The Morgan fingerprint density at radius 2 is 2.03 bits per heavy atom. The molecule has 6 nitrogen and oxygen atoms in total. The van der Waals surface area contributed by atoms with E-state index < -0.39 is 0 Å². The summed E-state index contributed by atoms with van der Waals surface area (Å²) in [7, 11) is 0. The fourth-order valence-corrected chi connectivity index (χ4v) is 3.40. The minimum atomic E-state index is -0.178. The summed E-state index contributed by atoms with van der Waals surface area (Å²) in [6, 6.07) is 0.295. The molecule has 1 fully saturated rings. The summed E-state index contributed by atoms with van der Waals surface area (Å²) in [5.74, 6) is 0.519. The van der Waals surface area contributed by atoms with Crippen LogP contribution in [0.1, 0.15) is 80.2 Å². The maximum Gasteiger partial charge on any atom is 0.256 e. The maximum absolute atomic E-state index is 13.3. The normalized spacial score (nSPS) is 16.6. The van der Waals surface area contributed by atoms with Crippen LogP contribution in [-0.2, 0) is 4.79 Å². The molecule has 6 heteroatoms. The van der Waals surface area contributed by atoms with Crippen LogP contribution in [0, 0.1) is 0 Å². The van der Waals surface area contributed by atoms with Crippen LogP contribution >= 0.6 is 0 Å². The van der Waals surface area contributed by atoms with E-state index in [9.17, 15) is 4.79 Å². The van der Waals surface area contributed by atoms with E-state index in [0.29, 0.717) is 23.1 Å². The molecule has 30 heavy (non-hydrogen) atoms. The Hall–Kier alpha value is -2.63. The molecule has 1 aromatic rings. The van der Waals surface area contributed by atoms with Crippen molar-refractivity contribution < 1.29 is 4.79 Å². The average Bonchev–Trinajstić information content (AvgIpc) is 3.19. The number of aliphatic imine (C=N–C) groups is 1. The van der Waals surface area contributed by atoms with Gasteiger partial charge in [0.1, 0.15) is 5.82 Å². The molecule has 1 saturated carbocycles. The third kappa shape index (κ3) is 5.94. The van der Waals surface area contributed by atoms with E-state index in [2.05, 4.69) is 48.1 Å². The predicted molar refractivity (Wildman–Crippen MR) is 126 cm³/mol. The van der Waals surface area contributed by atoms with E-state index in [1.54, 1.807) is 12.4 Å². The average molecular weight is 412 g/mol. The van der Waals surface area contributed by atoms with E-state index in [1.807, 2.05) is 38.6 Å². The van der Waals surface area contributed by atoms with Gasteiger partial charge >= 0.3 is 0 Å². The molecule has 1 unspecified atom stereocenters. The molecule has 1 heterocycles. The van der Waals surface area contributed by atoms with E-state index in [-0.39, 0.29) is 11.4 Å². The molecular weight excluding hydrogens is 374 g/mol. The fraction of sp³-hybridized carbons (Fsp3) is 0.542. The van der Waals surface area contributed by atoms with Crippen molar-refractivity contribution in [3.05, 3.63) is 47.1 Å². The van der Waals surface area contributed by atoms with E-state index >= 15 is 0 Å². The quantitative estimate of drug-likeness (QED) is 0.302. The number of nitrogens with one attached hydrogen (secondary N) is 2. The van der Waals surface area contributed by atoms with Crippen molar-refractivity contribution in [1.29, 1.82) is 0 Å². The lowest BCUT2D eigenvalue weighted by Crippen LogP contribution is -2.29. The largest absolute Gasteiger partial charge is 0.364 e. The molecule has 2 N–H and O–H groups in total. The molecule has 1 aliphatic carbocycles. The van der Waals surface area contributed by atoms with Gasteiger partial charge in [0.15, 0.2) is 0 Å². The van der Waals surface area contributed by atoms with Gasteiger partial charge in [-0.05, 0) is 66.4 Å². The van der Waals surface area contributed by atoms with Gasteiger partial charge < -0.3 is 10.6 Å². The Labute approximate surface area is 181 Å². The zero-order chi connectivity index (χ0) is 22.5. The van der Waals surface area contributed by atoms with Gasteiger partial charge in [-0.2, -0.15) is 5.10 Å². The van der Waals surface area contributed by atoms with E-state index in [1.165, 1.54) is 0 Å². The lowest BCUT2D eigenvalue weighted by molar-refractivity contribution is -0.112. The lowest BCUT2D eigenvalue weighted by Gasteiger charge is -2.21. The van der Waals surface area contributed by atoms with Gasteiger partial charge in [-0.3, -0.25) is 9.48 Å². The monoisotopic (exact) mass is 411 g/mol. The minimum absolute atomic E-state index is 0.0301. The number of anilines is 1. The van der Waals surface area contributed by atoms with Gasteiger partial charge in [0.25, 0.3) is 5.91 Å². The molecule has 0 saturated heterocycles. The maximum atomic E-state index is 13.3. The molecule has 0 spiro atoms. The van der Waals surface area contributed by atoms with Crippen molar-refractivity contribution in [3.8, 4) is 0 Å². The molecule has 1 amide bonds. The number of hydrogen-bond donors (Lipinski definition) is 2. The zero-order valence-corrected chi connectivity index (χ0v) is 19.6. The van der Waals surface area contributed by atoms with Crippen molar-refractivity contribution in [1.82, 2.24) is 15.1 Å². The van der Waals surface area contributed by atoms with Crippen LogP contribution in [0.15, 0.2) is 52.1 Å². The van der Waals surface area contributed by atoms with Crippen LogP contribution in [0.4, 0.5) is 5.69 Å². The number of carbonyl (C=O) groups excluding carboxylic acids is 1. The molecule has 1 aliphatic rings. The number of amides is 1. The third-order valence-electron chi connectivity index (χ3n) is 5.34. The molecule has 0 aliphatic heterocycles. The second-order valence-electron chi connectivity index (χ2n) is 8.75. The number of hydrogen-bond acceptors (Lipinski definition) is 4. The number of allylic oxidation sites excluding steroid dienone is 2. The van der Waals surface area contributed by atoms with Crippen LogP contribution in [-0.4, -0.2) is 27.4 Å². The van der Waals surface area contributed by atoms with E-state index in [4.69, 9.17) is 0 Å². The zero-order valence-electron chi connectivity index (χ0n) is 19.6. The van der Waals surface area contributed by atoms with Gasteiger partial charge in [-0.1, -0.05) is 25.5 Å². The first-order chi connectivity index (χ1) is 14.1. The lowest BCUT2D eigenvalue weighted by atomic mass is 9.94. The molecular formula is C24H37N5O. The first-order valence-electron chi connectivity index (χ1n) is 10.8. The Balaban J connectivity index is 2.38. The number of nitrogens with zero attached hydrogens (tertiary/aromatic N) is 3. The second-order valence-corrected chi connectivity index (χ2v) is 8.75. The van der Waals surface area contributed by atoms with Gasteiger partial charge in [0.05, 0.1) is 11.9 Å². The highest BCUT2D eigenvalue weighted by atomic mass is 16.1. The summed E-state index contributed by atoms with van der Waals surface area (Å²) in [4.78, 5) is 17.9. The van der Waals surface area contributed by atoms with Crippen molar-refractivity contribution in [2.75, 3.05) is 5.32 Å². The molecule has 2 rings (SSSR count). The summed E-state index contributed by atoms with van der Waals surface area (Å²) >= 11 is 0. The van der Waals surface area contributed by atoms with Crippen LogP contribution in [0.2, 0.25) is 0 Å². The van der Waals surface area contributed by atoms with E-state index in [0.717, 1.165) is 42.4 Å². The predicted octanol–water partition coefficient (Wildman–Crippen LogP) is 5.54. The third-order valence-corrected chi connectivity index (χ3v) is 5.34. The van der Waals surface area contributed by atoms with Crippen LogP contribution < -0.4 is 10.6 Å². The van der Waals surface area contributed by atoms with Gasteiger partial charge in [0, 0.05) is 35.1 Å². The Bertz CT molecular complexity index is 879. The number of aromatic nitrogens is 2. The molecule has 0 radical (unpaired) electrons. The smallest absolute Gasteiger partial charge is 0.256 e. The van der Waals surface area contributed by atoms with Crippen molar-refractivity contribution in [2.24, 2.45) is 4.99 Å². The van der Waals surface area contributed by atoms with Crippen LogP contribution in [0.3, 0.4) is 0 Å². The molecule has 0 aromatic carbocycles. The molecule has 1 aromatic heterocycles. The summed E-state index contributed by atoms with van der Waals surface area (Å²) in [5.41, 5.74) is 3.77. The van der Waals surface area contributed by atoms with Gasteiger partial charge in [0.2, 0.25) is 0 Å². The Morgan fingerprint density at radius 3 is 2.53 bits per heavy atom. The van der Waals surface area contributed by atoms with Crippen LogP contribution in [0.25, 0.3) is 0 Å². The van der Waals surface area contributed by atoms with Gasteiger partial charge in [-0.15, -0.1) is 0 Å². The standard InChI is InChI=1S/C24H37N5O/c1-9-11-18(7)29-15-19(14-26-29)27-23(30)21(17(5)6)20(16(3)4)22(25-10-2)28-24(8)12-13-24/h10,14-15,18,28H,3,9,11-13H2,1-2,4-8H3,(H,27,30)/b22-20-,25-10?. The summed E-state index contributed by atoms with van der Waals surface area (Å²) < 4.78 is 1.90. The Kier molecular flexibility index (Phi) is 7.82. The van der Waals surface area contributed by atoms with Crippen molar-refractivity contribution in [2.45, 2.75) is 85.7 Å². The fourth-order valence-electron chi connectivity index (χ4n) is 3.40. The van der Waals surface area contributed by atoms with Gasteiger partial charge in [-0.25, -0.2) is 4.99 Å². The summed E-state index contributed by atoms with van der Waals surface area (Å²) in [6.45, 7) is 18.3. The number of carbonyl (C=O) groups is 1. The first-order valence-corrected chi connectivity index (χ1v) is 10.8. The molecule has 164 valence electrons. The molecule has 0 bridgehead atoms. The Morgan fingerprint density at radius 1 is 1.37 bits per heavy atom. The minimum Gasteiger partial charge on any atom is -0.364 e. The van der Waals surface area contributed by atoms with Crippen molar-refractivity contribution >= 4 is 17.8 Å². The van der Waals surface area contributed by atoms with Crippen molar-refractivity contribution in [3.63, 3.8) is 0 Å². The highest BCUT2D eigenvalue weighted by molar-refractivity contribution is 6.08. The molecule has 1 atom stereocenters. The summed E-state index contributed by atoms with van der Waals surface area (Å²) in [6.07, 6.45) is 9.64.